The third-order valence-electron chi connectivity index (χ3n) is 1.50. The van der Waals surface area contributed by atoms with E-state index in [9.17, 15) is 10.1 Å². The first-order valence-electron chi connectivity index (χ1n) is 3.23. The summed E-state index contributed by atoms with van der Waals surface area (Å²) in [7, 11) is 0. The van der Waals surface area contributed by atoms with Gasteiger partial charge >= 0.3 is 74.6 Å². The average Bonchev–Trinajstić information content (AvgIpc) is 2.49. The second-order valence-corrected chi connectivity index (χ2v) is 3.95. The van der Waals surface area contributed by atoms with Gasteiger partial charge in [0.25, 0.3) is 0 Å². The molecule has 2 aliphatic heterocycles. The third kappa shape index (κ3) is 1.11. The minimum atomic E-state index is -0.389. The molecule has 0 unspecified atom stereocenters. The van der Waals surface area contributed by atoms with Gasteiger partial charge in [0.15, 0.2) is 0 Å². The van der Waals surface area contributed by atoms with Gasteiger partial charge in [-0.1, -0.05) is 0 Å². The first-order valence-corrected chi connectivity index (χ1v) is 4.86. The van der Waals surface area contributed by atoms with E-state index in [2.05, 4.69) is 4.33 Å². The number of nitrogens with zero attached hydrogens (tertiary/aromatic N) is 2. The number of allylic oxidation sites excluding steroid dienone is 2. The van der Waals surface area contributed by atoms with Gasteiger partial charge in [-0.05, 0) is 0 Å². The number of fused-ring (bicyclic) bond motifs is 1. The summed E-state index contributed by atoms with van der Waals surface area (Å²) in [6.45, 7) is 0. The van der Waals surface area contributed by atoms with E-state index in [1.165, 1.54) is 6.08 Å². The maximum atomic E-state index is 10.4. The van der Waals surface area contributed by atoms with Gasteiger partial charge in [-0.2, -0.15) is 0 Å². The van der Waals surface area contributed by atoms with Crippen LogP contribution in [-0.2, 0) is 0 Å². The molecule has 62 valence electrons. The monoisotopic (exact) mass is 231 g/mol. The molecule has 0 atom stereocenters. The van der Waals surface area contributed by atoms with Crippen molar-refractivity contribution < 1.29 is 4.92 Å². The zero-order valence-electron chi connectivity index (χ0n) is 5.93. The Hall–Kier alpha value is -1.26. The van der Waals surface area contributed by atoms with Crippen molar-refractivity contribution in [3.05, 3.63) is 46.1 Å². The van der Waals surface area contributed by atoms with Crippen molar-refractivity contribution in [3.8, 4) is 0 Å². The van der Waals surface area contributed by atoms with E-state index >= 15 is 0 Å². The molecule has 0 fully saturated rings. The van der Waals surface area contributed by atoms with Crippen LogP contribution >= 0.6 is 0 Å². The number of rotatable bonds is 1. The summed E-state index contributed by atoms with van der Waals surface area (Å²) in [5.74, 6) is 0. The Kier molecular flexibility index (Phi) is 1.64. The summed E-state index contributed by atoms with van der Waals surface area (Å²) < 4.78 is 4.99. The fraction of sp³-hybridized carbons (Fsp3) is 0. The summed E-state index contributed by atoms with van der Waals surface area (Å²) in [5, 5.41) is 10.4. The van der Waals surface area contributed by atoms with Crippen LogP contribution in [0.2, 0.25) is 0 Å². The fourth-order valence-electron chi connectivity index (χ4n) is 0.939. The summed E-state index contributed by atoms with van der Waals surface area (Å²) in [5.41, 5.74) is 1.00. The van der Waals surface area contributed by atoms with Crippen LogP contribution in [0, 0.1) is 10.1 Å². The van der Waals surface area contributed by atoms with E-state index in [1.807, 2.05) is 3.92 Å². The molecule has 5 nitrogen and oxygen atoms in total. The zero-order chi connectivity index (χ0) is 8.55. The third-order valence-corrected chi connectivity index (χ3v) is 3.08. The molecule has 0 aromatic carbocycles. The van der Waals surface area contributed by atoms with Gasteiger partial charge in [-0.3, -0.25) is 0 Å². The van der Waals surface area contributed by atoms with Crippen molar-refractivity contribution in [1.82, 2.24) is 8.25 Å². The number of hydrogen-bond donors (Lipinski definition) is 1. The van der Waals surface area contributed by atoms with Crippen molar-refractivity contribution >= 4 is 15.4 Å². The molecule has 0 aliphatic carbocycles. The van der Waals surface area contributed by atoms with Crippen molar-refractivity contribution in [1.29, 1.82) is 0 Å². The standard InChI is InChI=1S/C6H5N3O2Se/c10-9(11)5-1-2-8-6(3-5)4-7-12-8/h1-4,7H. The molecular weight excluding hydrogens is 225 g/mol. The molecule has 2 rings (SSSR count). The second-order valence-electron chi connectivity index (χ2n) is 2.25. The van der Waals surface area contributed by atoms with Crippen LogP contribution in [0.5, 0.6) is 0 Å². The van der Waals surface area contributed by atoms with Crippen LogP contribution in [-0.4, -0.2) is 24.2 Å². The van der Waals surface area contributed by atoms with Crippen LogP contribution in [0.1, 0.15) is 0 Å². The van der Waals surface area contributed by atoms with Crippen molar-refractivity contribution in [3.63, 3.8) is 0 Å². The van der Waals surface area contributed by atoms with E-state index in [1.54, 1.807) is 18.5 Å². The number of nitro groups is 1. The quantitative estimate of drug-likeness (QED) is 0.390. The van der Waals surface area contributed by atoms with Crippen LogP contribution < -0.4 is 4.33 Å². The number of hydrogen-bond acceptors (Lipinski definition) is 4. The molecule has 0 saturated carbocycles. The zero-order valence-corrected chi connectivity index (χ0v) is 7.64. The molecule has 0 bridgehead atoms. The first-order chi connectivity index (χ1) is 5.77. The average molecular weight is 230 g/mol. The van der Waals surface area contributed by atoms with Gasteiger partial charge < -0.3 is 0 Å². The van der Waals surface area contributed by atoms with Crippen molar-refractivity contribution in [2.45, 2.75) is 0 Å². The van der Waals surface area contributed by atoms with E-state index < -0.39 is 0 Å². The molecular formula is C6H5N3O2Se. The minimum absolute atomic E-state index is 0.136. The Bertz CT molecular complexity index is 321. The normalized spacial score (nSPS) is 19.5. The van der Waals surface area contributed by atoms with Gasteiger partial charge in [0.05, 0.1) is 0 Å². The Morgan fingerprint density at radius 2 is 2.50 bits per heavy atom. The Morgan fingerprint density at radius 3 is 3.25 bits per heavy atom. The van der Waals surface area contributed by atoms with Gasteiger partial charge in [0.2, 0.25) is 0 Å². The van der Waals surface area contributed by atoms with Gasteiger partial charge in [-0.25, -0.2) is 0 Å². The van der Waals surface area contributed by atoms with Crippen LogP contribution in [0.25, 0.3) is 0 Å². The van der Waals surface area contributed by atoms with Gasteiger partial charge in [0.1, 0.15) is 0 Å². The van der Waals surface area contributed by atoms with E-state index in [-0.39, 0.29) is 26.0 Å². The predicted molar refractivity (Wildman–Crippen MR) is 43.0 cm³/mol. The molecule has 12 heavy (non-hydrogen) atoms. The molecule has 0 aromatic rings. The van der Waals surface area contributed by atoms with Crippen molar-refractivity contribution in [2.24, 2.45) is 0 Å². The summed E-state index contributed by atoms with van der Waals surface area (Å²) in [6, 6.07) is 0. The molecule has 1 N–H and O–H groups in total. The Morgan fingerprint density at radius 1 is 1.67 bits per heavy atom. The molecule has 2 heterocycles. The predicted octanol–water partition coefficient (Wildman–Crippen LogP) is -0.0449. The van der Waals surface area contributed by atoms with Gasteiger partial charge in [-0.15, -0.1) is 0 Å². The molecule has 0 saturated heterocycles. The first kappa shape index (κ1) is 7.39. The maximum absolute atomic E-state index is 10.4. The molecule has 0 spiro atoms. The Balaban J connectivity index is 2.31. The SMILES string of the molecule is O=[N+]([O-])C1=CC2=CN[Se]N2C=C1. The fourth-order valence-corrected chi connectivity index (χ4v) is 2.24. The molecule has 2 aliphatic rings. The Labute approximate surface area is 75.2 Å². The van der Waals surface area contributed by atoms with Crippen molar-refractivity contribution in [2.75, 3.05) is 0 Å². The molecule has 0 aromatic heterocycles. The van der Waals surface area contributed by atoms with Gasteiger partial charge in [0, 0.05) is 0 Å². The van der Waals surface area contributed by atoms with Crippen LogP contribution in [0.3, 0.4) is 0 Å². The van der Waals surface area contributed by atoms with Crippen LogP contribution in [0.4, 0.5) is 0 Å². The number of nitrogens with one attached hydrogen (secondary N) is 1. The topological polar surface area (TPSA) is 58.4 Å². The molecule has 6 heteroatoms. The van der Waals surface area contributed by atoms with E-state index in [0.29, 0.717) is 0 Å². The summed E-state index contributed by atoms with van der Waals surface area (Å²) >= 11 is 0.171. The van der Waals surface area contributed by atoms with Crippen LogP contribution in [0.15, 0.2) is 35.9 Å². The van der Waals surface area contributed by atoms with E-state index in [4.69, 9.17) is 0 Å². The summed E-state index contributed by atoms with van der Waals surface area (Å²) in [4.78, 5) is 9.98. The summed E-state index contributed by atoms with van der Waals surface area (Å²) in [6.07, 6.45) is 6.57. The second kappa shape index (κ2) is 2.65. The molecule has 0 amide bonds. The molecule has 0 radical (unpaired) electrons. The van der Waals surface area contributed by atoms with E-state index in [0.717, 1.165) is 5.70 Å².